The molecule has 0 rings (SSSR count). The molecule has 0 heterocycles. The lowest BCUT2D eigenvalue weighted by Crippen LogP contribution is -2.21. The van der Waals surface area contributed by atoms with Crippen LogP contribution in [0.15, 0.2) is 0 Å². The van der Waals surface area contributed by atoms with Crippen molar-refractivity contribution in [1.29, 1.82) is 0 Å². The van der Waals surface area contributed by atoms with Crippen LogP contribution in [0.25, 0.3) is 0 Å². The number of nitrogens with zero attached hydrogens (tertiary/aromatic N) is 1. The fourth-order valence-electron chi connectivity index (χ4n) is 2.51. The molecule has 138 valence electrons. The zero-order valence-electron chi connectivity index (χ0n) is 16.1. The van der Waals surface area contributed by atoms with Crippen molar-refractivity contribution < 1.29 is 9.90 Å². The average molecular weight is 328 g/mol. The number of hydrogen-bond acceptors (Lipinski definition) is 2. The molecule has 2 radical (unpaired) electrons. The summed E-state index contributed by atoms with van der Waals surface area (Å²) in [4.78, 5) is 10.2. The van der Waals surface area contributed by atoms with Gasteiger partial charge in [-0.15, -0.1) is 0 Å². The van der Waals surface area contributed by atoms with Crippen molar-refractivity contribution in [2.75, 3.05) is 13.1 Å². The summed E-state index contributed by atoms with van der Waals surface area (Å²) >= 11 is 0. The van der Waals surface area contributed by atoms with Crippen LogP contribution < -0.4 is 10.4 Å². The van der Waals surface area contributed by atoms with Gasteiger partial charge >= 0.3 is 0 Å². The molecule has 0 bridgehead atoms. The van der Waals surface area contributed by atoms with E-state index in [1.54, 1.807) is 0 Å². The summed E-state index contributed by atoms with van der Waals surface area (Å²) in [5.74, 6) is -0.905. The van der Waals surface area contributed by atoms with Crippen LogP contribution in [0.5, 0.6) is 0 Å². The Labute approximate surface area is 145 Å². The molecule has 0 aromatic carbocycles. The van der Waals surface area contributed by atoms with Crippen LogP contribution in [0, 0.1) is 0 Å². The number of rotatable bonds is 16. The van der Waals surface area contributed by atoms with E-state index in [-0.39, 0.29) is 6.42 Å². The van der Waals surface area contributed by atoms with Gasteiger partial charge < -0.3 is 9.90 Å². The maximum absolute atomic E-state index is 10.2. The Bertz CT molecular complexity index is 218. The highest BCUT2D eigenvalue weighted by atomic mass is 16.4. The van der Waals surface area contributed by atoms with Gasteiger partial charge in [0, 0.05) is 5.97 Å². The molecule has 0 unspecified atom stereocenters. The molecule has 0 spiro atoms. The zero-order valence-corrected chi connectivity index (χ0v) is 16.1. The van der Waals surface area contributed by atoms with Crippen LogP contribution in [0.2, 0.25) is 0 Å². The average Bonchev–Trinajstić information content (AvgIpc) is 2.53. The van der Waals surface area contributed by atoms with Crippen molar-refractivity contribution in [3.8, 4) is 0 Å². The molecule has 0 aliphatic heterocycles. The van der Waals surface area contributed by atoms with Gasteiger partial charge in [-0.25, -0.2) is 0 Å². The molecule has 3 nitrogen and oxygen atoms in total. The molecule has 0 aromatic rings. The number of carboxylic acids is 1. The smallest absolute Gasteiger partial charge is 0.181 e. The number of carbonyl (C=O) groups is 1. The Morgan fingerprint density at radius 3 is 1.26 bits per heavy atom. The van der Waals surface area contributed by atoms with Crippen LogP contribution in [0.4, 0.5) is 0 Å². The Kier molecular flexibility index (Phi) is 25.4. The number of carbonyl (C=O) groups excluding carboxylic acids is 1. The highest BCUT2D eigenvalue weighted by Gasteiger charge is 1.94. The number of carboxylic acid groups (broad SMARTS) is 1. The summed E-state index contributed by atoms with van der Waals surface area (Å²) in [5, 5.41) is 14.2. The molecule has 0 saturated heterocycles. The third-order valence-corrected chi connectivity index (χ3v) is 3.93. The Morgan fingerprint density at radius 1 is 0.652 bits per heavy atom. The topological polar surface area (TPSA) is 54.2 Å². The van der Waals surface area contributed by atoms with Crippen molar-refractivity contribution in [1.82, 2.24) is 5.32 Å². The molecule has 0 aliphatic rings. The van der Waals surface area contributed by atoms with Crippen molar-refractivity contribution in [2.24, 2.45) is 0 Å². The largest absolute Gasteiger partial charge is 0.550 e. The summed E-state index contributed by atoms with van der Waals surface area (Å²) in [7, 11) is 0. The lowest BCUT2D eigenvalue weighted by Gasteiger charge is -2.03. The van der Waals surface area contributed by atoms with Gasteiger partial charge in [0.15, 0.2) is 13.1 Å². The molecule has 0 aliphatic carbocycles. The second kappa shape index (κ2) is 23.7. The zero-order chi connectivity index (χ0) is 17.6. The van der Waals surface area contributed by atoms with E-state index < -0.39 is 5.97 Å². The van der Waals surface area contributed by atoms with Crippen LogP contribution >= 0.6 is 0 Å². The summed E-state index contributed by atoms with van der Waals surface area (Å²) in [6.45, 7) is 8.28. The van der Waals surface area contributed by atoms with E-state index in [4.69, 9.17) is 0 Å². The molecular weight excluding hydrogens is 286 g/mol. The molecule has 23 heavy (non-hydrogen) atoms. The van der Waals surface area contributed by atoms with E-state index >= 15 is 0 Å². The van der Waals surface area contributed by atoms with Crippen molar-refractivity contribution >= 4 is 5.97 Å². The van der Waals surface area contributed by atoms with Crippen molar-refractivity contribution in [2.45, 2.75) is 111 Å². The summed E-state index contributed by atoms with van der Waals surface area (Å²) in [6.07, 6.45) is 16.9. The van der Waals surface area contributed by atoms with E-state index in [0.29, 0.717) is 0 Å². The van der Waals surface area contributed by atoms with Gasteiger partial charge in [-0.3, -0.25) is 0 Å². The molecule has 0 atom stereocenters. The predicted molar refractivity (Wildman–Crippen MR) is 98.5 cm³/mol. The quantitative estimate of drug-likeness (QED) is 0.381. The molecule has 0 saturated carbocycles. The fourth-order valence-corrected chi connectivity index (χ4v) is 2.51. The Morgan fingerprint density at radius 2 is 1.00 bits per heavy atom. The van der Waals surface area contributed by atoms with E-state index in [0.717, 1.165) is 25.9 Å². The maximum atomic E-state index is 10.2. The molecule has 0 aromatic heterocycles. The number of hydrogen-bond donors (Lipinski definition) is 0. The SMILES string of the molecule is CCCCCCCCCCCCCCCC(=O)[O-].CC[N+]CC. The normalized spacial score (nSPS) is 10.2. The first kappa shape index (κ1) is 24.7. The molecular formula is C20H41NO2. The first-order valence-electron chi connectivity index (χ1n) is 10.0. The maximum Gasteiger partial charge on any atom is 0.181 e. The van der Waals surface area contributed by atoms with Crippen LogP contribution in [-0.4, -0.2) is 19.1 Å². The third kappa shape index (κ3) is 30.0. The van der Waals surface area contributed by atoms with E-state index in [9.17, 15) is 9.90 Å². The minimum Gasteiger partial charge on any atom is -0.550 e. The van der Waals surface area contributed by atoms with E-state index in [2.05, 4.69) is 12.2 Å². The van der Waals surface area contributed by atoms with Gasteiger partial charge in [-0.2, -0.15) is 0 Å². The number of aliphatic carboxylic acids is 1. The number of unbranched alkanes of at least 4 members (excludes halogenated alkanes) is 12. The Hall–Kier alpha value is -0.570. The van der Waals surface area contributed by atoms with Crippen LogP contribution in [-0.2, 0) is 4.79 Å². The second-order valence-electron chi connectivity index (χ2n) is 6.22. The first-order chi connectivity index (χ1) is 11.2. The van der Waals surface area contributed by atoms with Gasteiger partial charge in [-0.05, 0) is 26.7 Å². The molecule has 0 fully saturated rings. The van der Waals surface area contributed by atoms with Crippen molar-refractivity contribution in [3.05, 3.63) is 0 Å². The van der Waals surface area contributed by atoms with Gasteiger partial charge in [0.2, 0.25) is 0 Å². The molecule has 3 heteroatoms. The summed E-state index contributed by atoms with van der Waals surface area (Å²) in [6, 6.07) is 0. The fraction of sp³-hybridized carbons (Fsp3) is 0.950. The summed E-state index contributed by atoms with van der Waals surface area (Å²) < 4.78 is 0. The minimum absolute atomic E-state index is 0.234. The van der Waals surface area contributed by atoms with Gasteiger partial charge in [0.05, 0.1) is 5.32 Å². The summed E-state index contributed by atoms with van der Waals surface area (Å²) in [5.41, 5.74) is 0. The van der Waals surface area contributed by atoms with Crippen molar-refractivity contribution in [3.63, 3.8) is 0 Å². The van der Waals surface area contributed by atoms with Crippen LogP contribution in [0.3, 0.4) is 0 Å². The lowest BCUT2D eigenvalue weighted by atomic mass is 10.0. The first-order valence-corrected chi connectivity index (χ1v) is 10.0. The predicted octanol–water partition coefficient (Wildman–Crippen LogP) is 4.85. The monoisotopic (exact) mass is 327 g/mol. The highest BCUT2D eigenvalue weighted by molar-refractivity contribution is 5.63. The Balaban J connectivity index is 0. The van der Waals surface area contributed by atoms with E-state index in [1.165, 1.54) is 70.6 Å². The second-order valence-corrected chi connectivity index (χ2v) is 6.22. The van der Waals surface area contributed by atoms with E-state index in [1.807, 2.05) is 13.8 Å². The third-order valence-electron chi connectivity index (χ3n) is 3.93. The standard InChI is InChI=1S/C16H32O2.C4H10N/c1-2-3-4-5-6-7-8-9-10-11-12-13-14-15-16(17)18;1-3-5-4-2/h2-15H2,1H3,(H,17,18);3-4H2,1-2H3/q;+1/p-1. The lowest BCUT2D eigenvalue weighted by molar-refractivity contribution is -0.305. The van der Waals surface area contributed by atoms with Gasteiger partial charge in [0.25, 0.3) is 0 Å². The van der Waals surface area contributed by atoms with Gasteiger partial charge in [0.1, 0.15) is 0 Å². The molecule has 0 amide bonds. The minimum atomic E-state index is -0.905. The van der Waals surface area contributed by atoms with Crippen LogP contribution in [0.1, 0.15) is 111 Å². The molecule has 0 N–H and O–H groups in total. The van der Waals surface area contributed by atoms with Gasteiger partial charge in [-0.1, -0.05) is 84.0 Å². The highest BCUT2D eigenvalue weighted by Crippen LogP contribution is 2.12.